The Bertz CT molecular complexity index is 1220. The Morgan fingerprint density at radius 1 is 0.691 bits per heavy atom. The molecule has 0 fully saturated rings. The zero-order chi connectivity index (χ0) is 43.2. The number of rotatable bonds is 29. The van der Waals surface area contributed by atoms with Gasteiger partial charge in [0.15, 0.2) is 5.78 Å². The third-order valence-corrected chi connectivity index (χ3v) is 8.44. The lowest BCUT2D eigenvalue weighted by molar-refractivity contribution is -0.135. The lowest BCUT2D eigenvalue weighted by atomic mass is 9.92. The van der Waals surface area contributed by atoms with Crippen molar-refractivity contribution in [2.45, 2.75) is 134 Å². The van der Waals surface area contributed by atoms with Crippen molar-refractivity contribution >= 4 is 35.2 Å². The Balaban J connectivity index is 5.67. The van der Waals surface area contributed by atoms with Crippen molar-refractivity contribution in [3.8, 4) is 0 Å². The molecule has 0 rings (SSSR count). The Labute approximate surface area is 322 Å². The van der Waals surface area contributed by atoms with E-state index >= 15 is 0 Å². The molecule has 0 spiro atoms. The van der Waals surface area contributed by atoms with Gasteiger partial charge in [-0.2, -0.15) is 0 Å². The zero-order valence-electron chi connectivity index (χ0n) is 33.1. The summed E-state index contributed by atoms with van der Waals surface area (Å²) in [7, 11) is -0.597. The van der Waals surface area contributed by atoms with Gasteiger partial charge in [0.05, 0.1) is 45.4 Å². The number of ether oxygens (including phenoxy) is 1. The number of hydrogen-bond acceptors (Lipinski definition) is 16. The molecule has 10 atom stereocenters. The van der Waals surface area contributed by atoms with Crippen molar-refractivity contribution in [3.05, 3.63) is 0 Å². The van der Waals surface area contributed by atoms with Crippen molar-refractivity contribution in [2.24, 2.45) is 11.3 Å². The van der Waals surface area contributed by atoms with E-state index in [0.717, 1.165) is 0 Å². The van der Waals surface area contributed by atoms with Crippen LogP contribution in [0, 0.1) is 11.3 Å². The second kappa shape index (κ2) is 26.6. The number of Topliss-reactive ketones (excluding diaryl/α,β-unsaturated/α-hetero) is 2. The van der Waals surface area contributed by atoms with Gasteiger partial charge in [-0.15, -0.1) is 0 Å². The molecule has 0 aliphatic carbocycles. The number of hydrogen-bond donors (Lipinski definition) is 13. The van der Waals surface area contributed by atoms with Gasteiger partial charge < -0.3 is 72.0 Å². The van der Waals surface area contributed by atoms with Crippen molar-refractivity contribution in [1.29, 1.82) is 0 Å². The normalized spacial score (nSPS) is 17.5. The number of aliphatic hydroxyl groups is 9. The highest BCUT2D eigenvalue weighted by Gasteiger charge is 2.33. The number of nitrogens with one attached hydrogen (secondary N) is 4. The summed E-state index contributed by atoms with van der Waals surface area (Å²) in [5.41, 5.74) is -0.253. The first kappa shape index (κ1) is 49.8. The molecule has 4 amide bonds. The van der Waals surface area contributed by atoms with Gasteiger partial charge in [-0.25, -0.2) is 0 Å². The molecule has 20 nitrogen and oxygen atoms in total. The molecule has 0 aliphatic rings. The maximum atomic E-state index is 13.4. The summed E-state index contributed by atoms with van der Waals surface area (Å²) in [6, 6.07) is -1.54. The minimum Gasteiger partial charge on any atom is -0.394 e. The van der Waals surface area contributed by atoms with E-state index in [9.17, 15) is 69.6 Å². The number of ketones is 2. The average molecular weight is 798 g/mol. The highest BCUT2D eigenvalue weighted by Crippen LogP contribution is 2.18. The van der Waals surface area contributed by atoms with E-state index in [1.807, 2.05) is 20.8 Å². The molecular formula is C35H64N4O16. The molecule has 2 unspecified atom stereocenters. The van der Waals surface area contributed by atoms with Crippen LogP contribution in [0.5, 0.6) is 0 Å². The number of aliphatic hydroxyl groups excluding tert-OH is 9. The molecule has 0 bridgehead atoms. The van der Waals surface area contributed by atoms with E-state index in [1.165, 1.54) is 0 Å². The smallest absolute Gasteiger partial charge is 0.242 e. The summed E-state index contributed by atoms with van der Waals surface area (Å²) in [5.74, 6) is -5.22. The van der Waals surface area contributed by atoms with Crippen LogP contribution in [-0.2, 0) is 33.5 Å². The van der Waals surface area contributed by atoms with Gasteiger partial charge >= 0.3 is 0 Å². The van der Waals surface area contributed by atoms with Gasteiger partial charge in [0.1, 0.15) is 42.3 Å². The topological polar surface area (TPSA) is 342 Å². The maximum absolute atomic E-state index is 13.4. The predicted molar refractivity (Wildman–Crippen MR) is 194 cm³/mol. The lowest BCUT2D eigenvalue weighted by Gasteiger charge is -2.27. The fourth-order valence-corrected chi connectivity index (χ4v) is 5.04. The molecule has 320 valence electrons. The first-order valence-electron chi connectivity index (χ1n) is 18.9. The van der Waals surface area contributed by atoms with Crippen molar-refractivity contribution < 1.29 is 80.8 Å². The molecule has 0 aromatic heterocycles. The van der Waals surface area contributed by atoms with Gasteiger partial charge in [0, 0.05) is 52.3 Å². The van der Waals surface area contributed by atoms with Crippen molar-refractivity contribution in [3.63, 3.8) is 0 Å². The van der Waals surface area contributed by atoms with Crippen LogP contribution in [0.2, 0.25) is 0 Å². The number of amides is 4. The largest absolute Gasteiger partial charge is 0.394 e. The van der Waals surface area contributed by atoms with Crippen molar-refractivity contribution in [2.75, 3.05) is 39.9 Å². The van der Waals surface area contributed by atoms with Crippen LogP contribution in [0.3, 0.4) is 0 Å². The standard InChI is InChI=1S/C35H64N4O16/c1-6-23(43)29(49)30(50)24(44)10-8-20(41)7-9-22(34(54)38-16-25(45)31(51)32(52)26(46)17-40)39-33(53)19(18-55-5)13-21(42)15-37-27(47)11-12-36-28(48)14-35(2,3)4/h19,22-26,29-32,40,43-46,49-52H,6-18H2,1-5H3,(H,36,48)(H,37,47)(H,38,54)(H,39,53)/t19?,22?,23-,24+,25+,26-,29+,30-,31-,32+/m1/s1/i5D. The Kier molecular flexibility index (Phi) is 24.1. The van der Waals surface area contributed by atoms with Crippen LogP contribution in [0.25, 0.3) is 0 Å². The van der Waals surface area contributed by atoms with Crippen LogP contribution in [0.1, 0.15) is 80.4 Å². The summed E-state index contributed by atoms with van der Waals surface area (Å²) in [6.45, 7) is 4.56. The highest BCUT2D eigenvalue weighted by atomic mass is 16.5. The van der Waals surface area contributed by atoms with Crippen LogP contribution in [0.15, 0.2) is 0 Å². The summed E-state index contributed by atoms with van der Waals surface area (Å²) in [5, 5.41) is 98.4. The number of carbonyl (C=O) groups is 6. The highest BCUT2D eigenvalue weighted by molar-refractivity contribution is 5.93. The fraction of sp³-hybridized carbons (Fsp3) is 0.829. The third-order valence-electron chi connectivity index (χ3n) is 8.44. The van der Waals surface area contributed by atoms with Crippen LogP contribution >= 0.6 is 0 Å². The predicted octanol–water partition coefficient (Wildman–Crippen LogP) is -4.71. The molecule has 0 saturated heterocycles. The molecule has 0 aromatic carbocycles. The molecule has 20 heteroatoms. The Morgan fingerprint density at radius 3 is 1.85 bits per heavy atom. The second-order valence-electron chi connectivity index (χ2n) is 14.7. The fourth-order valence-electron chi connectivity index (χ4n) is 5.04. The van der Waals surface area contributed by atoms with Gasteiger partial charge in [0.25, 0.3) is 0 Å². The average Bonchev–Trinajstić information content (AvgIpc) is 3.15. The molecule has 0 radical (unpaired) electrons. The van der Waals surface area contributed by atoms with Crippen molar-refractivity contribution in [1.82, 2.24) is 21.3 Å². The van der Waals surface area contributed by atoms with Gasteiger partial charge in [-0.1, -0.05) is 27.7 Å². The molecule has 0 heterocycles. The minimum atomic E-state index is -2.03. The Morgan fingerprint density at radius 2 is 1.27 bits per heavy atom. The van der Waals surface area contributed by atoms with Gasteiger partial charge in [-0.05, 0) is 24.7 Å². The first-order chi connectivity index (χ1) is 26.1. The number of methoxy groups -OCH3 is 1. The van der Waals surface area contributed by atoms with E-state index in [-0.39, 0.29) is 56.4 Å². The summed E-state index contributed by atoms with van der Waals surface area (Å²) in [6.07, 6.45) is -15.9. The molecule has 55 heavy (non-hydrogen) atoms. The van der Waals surface area contributed by atoms with Crippen LogP contribution in [0.4, 0.5) is 0 Å². The van der Waals surface area contributed by atoms with E-state index in [1.54, 1.807) is 6.92 Å². The molecular weight excluding hydrogens is 732 g/mol. The summed E-state index contributed by atoms with van der Waals surface area (Å²) >= 11 is 0. The summed E-state index contributed by atoms with van der Waals surface area (Å²) in [4.78, 5) is 76.3. The zero-order valence-corrected chi connectivity index (χ0v) is 32.1. The molecule has 0 saturated carbocycles. The lowest BCUT2D eigenvalue weighted by Crippen LogP contribution is -2.53. The molecule has 0 aromatic rings. The quantitative estimate of drug-likeness (QED) is 0.0338. The maximum Gasteiger partial charge on any atom is 0.242 e. The SMILES string of the molecule is [2H]COCC(CC(=O)CNC(=O)CCNC(=O)CC(C)(C)C)C(=O)NC(CCC(=O)CC[C@H](O)[C@@H](O)[C@@H](O)[C@H](O)CC)C(=O)NC[C@H](O)[C@@H](O)[C@@H](O)[C@H](O)CO. The van der Waals surface area contributed by atoms with Gasteiger partial charge in [0.2, 0.25) is 23.6 Å². The van der Waals surface area contributed by atoms with E-state index < -0.39 is 136 Å². The Hall–Kier alpha value is -3.18. The first-order valence-corrected chi connectivity index (χ1v) is 18.2. The minimum absolute atomic E-state index is 0.0270. The third kappa shape index (κ3) is 21.6. The molecule has 0 aliphatic heterocycles. The van der Waals surface area contributed by atoms with E-state index in [4.69, 9.17) is 11.2 Å². The van der Waals surface area contributed by atoms with Gasteiger partial charge in [-0.3, -0.25) is 28.8 Å². The van der Waals surface area contributed by atoms with Crippen LogP contribution < -0.4 is 21.3 Å². The van der Waals surface area contributed by atoms with E-state index in [2.05, 4.69) is 21.3 Å². The monoisotopic (exact) mass is 797 g/mol. The van der Waals surface area contributed by atoms with E-state index in [0.29, 0.717) is 0 Å². The number of carbonyl (C=O) groups excluding carboxylic acids is 6. The van der Waals surface area contributed by atoms with Crippen LogP contribution in [-0.4, -0.2) is 176 Å². The molecule has 13 N–H and O–H groups in total. The summed E-state index contributed by atoms with van der Waals surface area (Å²) < 4.78 is 12.3. The second-order valence-corrected chi connectivity index (χ2v) is 14.7.